The summed E-state index contributed by atoms with van der Waals surface area (Å²) in [5.41, 5.74) is 4.37. The van der Waals surface area contributed by atoms with Crippen LogP contribution < -0.4 is 10.2 Å². The van der Waals surface area contributed by atoms with E-state index in [1.54, 1.807) is 6.21 Å². The van der Waals surface area contributed by atoms with Crippen LogP contribution >= 0.6 is 22.6 Å². The number of carbonyl (C=O) groups is 1. The average molecular weight is 445 g/mol. The topological polar surface area (TPSA) is 55.6 Å². The molecule has 0 saturated carbocycles. The number of aromatic nitrogens is 1. The van der Waals surface area contributed by atoms with Crippen LogP contribution in [0.3, 0.4) is 0 Å². The molecule has 6 heteroatoms. The highest BCUT2D eigenvalue weighted by Gasteiger charge is 2.04. The molecule has 0 atom stereocenters. The van der Waals surface area contributed by atoms with Gasteiger partial charge in [-0.3, -0.25) is 4.79 Å². The monoisotopic (exact) mass is 445 g/mol. The van der Waals surface area contributed by atoms with Crippen molar-refractivity contribution in [2.24, 2.45) is 5.10 Å². The molecule has 0 unspecified atom stereocenters. The fraction of sp³-hybridized carbons (Fsp3) is 0.0526. The highest BCUT2D eigenvalue weighted by atomic mass is 127. The standard InChI is InChI=1S/C19H16IN3O2/c20-17-10-4-5-11-18(17)25-14-19(24)22-21-13-16-9-6-12-23(16)15-7-2-1-3-8-15/h1-13H,14H2,(H,22,24). The molecule has 3 aromatic rings. The summed E-state index contributed by atoms with van der Waals surface area (Å²) in [5, 5.41) is 4.01. The Kier molecular flexibility index (Phi) is 5.84. The molecule has 0 spiro atoms. The quantitative estimate of drug-likeness (QED) is 0.358. The van der Waals surface area contributed by atoms with Gasteiger partial charge in [0.1, 0.15) is 5.75 Å². The summed E-state index contributed by atoms with van der Waals surface area (Å²) in [4.78, 5) is 11.9. The zero-order valence-electron chi connectivity index (χ0n) is 13.3. The van der Waals surface area contributed by atoms with E-state index in [-0.39, 0.29) is 12.5 Å². The Morgan fingerprint density at radius 1 is 1.08 bits per heavy atom. The fourth-order valence-corrected chi connectivity index (χ4v) is 2.77. The van der Waals surface area contributed by atoms with Crippen LogP contribution in [0.1, 0.15) is 5.69 Å². The van der Waals surface area contributed by atoms with Crippen molar-refractivity contribution < 1.29 is 9.53 Å². The third-order valence-electron chi connectivity index (χ3n) is 3.40. The van der Waals surface area contributed by atoms with Gasteiger partial charge in [-0.05, 0) is 59.0 Å². The molecule has 0 bridgehead atoms. The van der Waals surface area contributed by atoms with Crippen LogP contribution in [-0.4, -0.2) is 23.3 Å². The largest absolute Gasteiger partial charge is 0.483 e. The normalized spacial score (nSPS) is 10.8. The van der Waals surface area contributed by atoms with Crippen LogP contribution in [0.25, 0.3) is 5.69 Å². The minimum Gasteiger partial charge on any atom is -0.483 e. The minimum absolute atomic E-state index is 0.0863. The van der Waals surface area contributed by atoms with E-state index in [4.69, 9.17) is 4.74 Å². The number of hydrazone groups is 1. The van der Waals surface area contributed by atoms with Crippen LogP contribution in [0, 0.1) is 3.57 Å². The van der Waals surface area contributed by atoms with Crippen molar-refractivity contribution in [3.8, 4) is 11.4 Å². The number of amides is 1. The second kappa shape index (κ2) is 8.48. The van der Waals surface area contributed by atoms with Gasteiger partial charge in [0.2, 0.25) is 0 Å². The molecule has 126 valence electrons. The summed E-state index contributed by atoms with van der Waals surface area (Å²) >= 11 is 2.16. The van der Waals surface area contributed by atoms with Gasteiger partial charge in [-0.1, -0.05) is 30.3 Å². The maximum Gasteiger partial charge on any atom is 0.277 e. The lowest BCUT2D eigenvalue weighted by Gasteiger charge is -2.07. The Bertz CT molecular complexity index is 875. The number of para-hydroxylation sites is 2. The van der Waals surface area contributed by atoms with Gasteiger partial charge in [-0.2, -0.15) is 5.10 Å². The molecule has 0 aliphatic heterocycles. The van der Waals surface area contributed by atoms with Crippen LogP contribution in [0.4, 0.5) is 0 Å². The molecule has 0 aliphatic rings. The zero-order chi connectivity index (χ0) is 17.5. The van der Waals surface area contributed by atoms with E-state index in [9.17, 15) is 4.79 Å². The molecule has 25 heavy (non-hydrogen) atoms. The summed E-state index contributed by atoms with van der Waals surface area (Å²) in [6.07, 6.45) is 3.55. The first-order valence-corrected chi connectivity index (χ1v) is 8.74. The molecule has 1 aromatic heterocycles. The van der Waals surface area contributed by atoms with Gasteiger partial charge in [-0.15, -0.1) is 0 Å². The number of carbonyl (C=O) groups excluding carboxylic acids is 1. The molecule has 1 heterocycles. The number of hydrogen-bond acceptors (Lipinski definition) is 3. The van der Waals surface area contributed by atoms with E-state index >= 15 is 0 Å². The molecule has 0 aliphatic carbocycles. The molecule has 0 radical (unpaired) electrons. The van der Waals surface area contributed by atoms with Crippen LogP contribution in [0.15, 0.2) is 78.0 Å². The molecule has 1 N–H and O–H groups in total. The Labute approximate surface area is 159 Å². The smallest absolute Gasteiger partial charge is 0.277 e. The van der Waals surface area contributed by atoms with Crippen molar-refractivity contribution in [2.75, 3.05) is 6.61 Å². The third kappa shape index (κ3) is 4.69. The van der Waals surface area contributed by atoms with Gasteiger partial charge in [-0.25, -0.2) is 5.43 Å². The molecule has 0 fully saturated rings. The molecular formula is C19H16IN3O2. The number of nitrogens with zero attached hydrogens (tertiary/aromatic N) is 2. The van der Waals surface area contributed by atoms with Gasteiger partial charge in [0.15, 0.2) is 6.61 Å². The first-order chi connectivity index (χ1) is 12.2. The third-order valence-corrected chi connectivity index (χ3v) is 4.29. The molecule has 2 aromatic carbocycles. The second-order valence-electron chi connectivity index (χ2n) is 5.15. The van der Waals surface area contributed by atoms with E-state index in [0.717, 1.165) is 15.0 Å². The lowest BCUT2D eigenvalue weighted by atomic mass is 10.3. The molecular weight excluding hydrogens is 429 g/mol. The van der Waals surface area contributed by atoms with Crippen molar-refractivity contribution in [2.45, 2.75) is 0 Å². The number of benzene rings is 2. The van der Waals surface area contributed by atoms with Crippen molar-refractivity contribution in [3.63, 3.8) is 0 Å². The molecule has 1 amide bonds. The summed E-state index contributed by atoms with van der Waals surface area (Å²) in [7, 11) is 0. The van der Waals surface area contributed by atoms with E-state index in [0.29, 0.717) is 5.75 Å². The zero-order valence-corrected chi connectivity index (χ0v) is 15.5. The fourth-order valence-electron chi connectivity index (χ4n) is 2.23. The number of ether oxygens (including phenoxy) is 1. The Morgan fingerprint density at radius 3 is 2.64 bits per heavy atom. The maximum atomic E-state index is 11.9. The van der Waals surface area contributed by atoms with E-state index in [1.807, 2.05) is 77.5 Å². The average Bonchev–Trinajstić information content (AvgIpc) is 3.10. The summed E-state index contributed by atoms with van der Waals surface area (Å²) in [6.45, 7) is -0.0863. The van der Waals surface area contributed by atoms with Crippen molar-refractivity contribution in [1.29, 1.82) is 0 Å². The van der Waals surface area contributed by atoms with E-state index in [1.165, 1.54) is 0 Å². The Hall–Kier alpha value is -2.61. The Balaban J connectivity index is 1.56. The number of hydrogen-bond donors (Lipinski definition) is 1. The van der Waals surface area contributed by atoms with Gasteiger partial charge >= 0.3 is 0 Å². The SMILES string of the molecule is O=C(COc1ccccc1I)NN=Cc1cccn1-c1ccccc1. The second-order valence-corrected chi connectivity index (χ2v) is 6.31. The van der Waals surface area contributed by atoms with E-state index in [2.05, 4.69) is 33.1 Å². The molecule has 0 saturated heterocycles. The molecule has 3 rings (SSSR count). The minimum atomic E-state index is -0.311. The number of rotatable bonds is 6. The highest BCUT2D eigenvalue weighted by molar-refractivity contribution is 14.1. The Morgan fingerprint density at radius 2 is 1.84 bits per heavy atom. The van der Waals surface area contributed by atoms with Crippen molar-refractivity contribution in [3.05, 3.63) is 82.2 Å². The van der Waals surface area contributed by atoms with Gasteiger partial charge in [0, 0.05) is 11.9 Å². The predicted molar refractivity (Wildman–Crippen MR) is 106 cm³/mol. The lowest BCUT2D eigenvalue weighted by molar-refractivity contribution is -0.123. The summed E-state index contributed by atoms with van der Waals surface area (Å²) < 4.78 is 8.42. The van der Waals surface area contributed by atoms with Crippen LogP contribution in [-0.2, 0) is 4.79 Å². The lowest BCUT2D eigenvalue weighted by Crippen LogP contribution is -2.24. The van der Waals surface area contributed by atoms with E-state index < -0.39 is 0 Å². The summed E-state index contributed by atoms with van der Waals surface area (Å²) in [6, 6.07) is 21.3. The van der Waals surface area contributed by atoms with Crippen LogP contribution in [0.2, 0.25) is 0 Å². The predicted octanol–water partition coefficient (Wildman–Crippen LogP) is 3.61. The van der Waals surface area contributed by atoms with Crippen LogP contribution in [0.5, 0.6) is 5.75 Å². The molecule has 5 nitrogen and oxygen atoms in total. The van der Waals surface area contributed by atoms with Gasteiger partial charge in [0.25, 0.3) is 5.91 Å². The van der Waals surface area contributed by atoms with Crippen molar-refractivity contribution >= 4 is 34.7 Å². The van der Waals surface area contributed by atoms with Gasteiger partial charge in [0.05, 0.1) is 15.5 Å². The number of halogens is 1. The first-order valence-electron chi connectivity index (χ1n) is 7.66. The van der Waals surface area contributed by atoms with Crippen molar-refractivity contribution in [1.82, 2.24) is 9.99 Å². The summed E-state index contributed by atoms with van der Waals surface area (Å²) in [5.74, 6) is 0.369. The number of nitrogens with one attached hydrogen (secondary N) is 1. The highest BCUT2D eigenvalue weighted by Crippen LogP contribution is 2.19. The van der Waals surface area contributed by atoms with Gasteiger partial charge < -0.3 is 9.30 Å². The first kappa shape index (κ1) is 17.2. The maximum absolute atomic E-state index is 11.9.